The van der Waals surface area contributed by atoms with Crippen molar-refractivity contribution in [3.63, 3.8) is 0 Å². The fourth-order valence-electron chi connectivity index (χ4n) is 2.43. The van der Waals surface area contributed by atoms with Crippen LogP contribution in [0.25, 0.3) is 6.08 Å². The summed E-state index contributed by atoms with van der Waals surface area (Å²) in [4.78, 5) is 25.3. The Morgan fingerprint density at radius 1 is 1.34 bits per heavy atom. The van der Waals surface area contributed by atoms with Gasteiger partial charge < -0.3 is 9.64 Å². The first-order valence-electron chi connectivity index (χ1n) is 8.95. The van der Waals surface area contributed by atoms with E-state index in [2.05, 4.69) is 5.10 Å². The molecule has 2 aromatic rings. The van der Waals surface area contributed by atoms with Gasteiger partial charge in [0, 0.05) is 18.7 Å². The Morgan fingerprint density at radius 3 is 2.62 bits per heavy atom. The number of carbonyl (C=O) groups is 2. The number of amides is 1. The lowest BCUT2D eigenvalue weighted by Gasteiger charge is -2.28. The van der Waals surface area contributed by atoms with Crippen molar-refractivity contribution in [3.05, 3.63) is 58.4 Å². The van der Waals surface area contributed by atoms with Gasteiger partial charge in [0.05, 0.1) is 18.3 Å². The Balaban J connectivity index is 2.00. The number of halogens is 1. The summed E-state index contributed by atoms with van der Waals surface area (Å²) < 4.78 is 6.62. The van der Waals surface area contributed by atoms with E-state index in [-0.39, 0.29) is 0 Å². The molecule has 0 spiro atoms. The minimum atomic E-state index is -0.989. The molecule has 7 nitrogen and oxygen atoms in total. The molecule has 0 aliphatic heterocycles. The van der Waals surface area contributed by atoms with E-state index in [9.17, 15) is 9.59 Å². The maximum Gasteiger partial charge on any atom is 0.331 e. The van der Waals surface area contributed by atoms with E-state index in [0.29, 0.717) is 23.0 Å². The van der Waals surface area contributed by atoms with Gasteiger partial charge in [-0.25, -0.2) is 9.48 Å². The molecule has 2 rings (SSSR count). The van der Waals surface area contributed by atoms with Crippen LogP contribution in [0.2, 0.25) is 5.15 Å². The number of aromatic nitrogens is 2. The van der Waals surface area contributed by atoms with Crippen molar-refractivity contribution in [3.8, 4) is 6.07 Å². The highest BCUT2D eigenvalue weighted by Gasteiger charge is 2.27. The Labute approximate surface area is 175 Å². The lowest BCUT2D eigenvalue weighted by atomic mass is 10.1. The zero-order chi connectivity index (χ0) is 21.6. The normalized spacial score (nSPS) is 11.3. The van der Waals surface area contributed by atoms with E-state index in [0.717, 1.165) is 5.56 Å². The maximum atomic E-state index is 12.1. The van der Waals surface area contributed by atoms with Gasteiger partial charge in [0.2, 0.25) is 0 Å². The average Bonchev–Trinajstić information content (AvgIpc) is 2.97. The largest absolute Gasteiger partial charge is 0.452 e. The fraction of sp³-hybridized carbons (Fsp3) is 0.333. The summed E-state index contributed by atoms with van der Waals surface area (Å²) >= 11 is 6.40. The number of carbonyl (C=O) groups excluding carboxylic acids is 2. The van der Waals surface area contributed by atoms with Gasteiger partial charge in [-0.05, 0) is 32.4 Å². The molecule has 1 aromatic heterocycles. The molecule has 0 aliphatic rings. The zero-order valence-electron chi connectivity index (χ0n) is 16.8. The second-order valence-electron chi connectivity index (χ2n) is 7.00. The summed E-state index contributed by atoms with van der Waals surface area (Å²) in [6.45, 7) is 5.05. The molecule has 0 atom stereocenters. The molecule has 8 heteroatoms. The number of esters is 1. The minimum absolute atomic E-state index is 0.405. The molecule has 1 heterocycles. The average molecular weight is 415 g/mol. The van der Waals surface area contributed by atoms with Gasteiger partial charge in [0.1, 0.15) is 10.7 Å². The van der Waals surface area contributed by atoms with Gasteiger partial charge in [-0.15, -0.1) is 0 Å². The predicted octanol–water partition coefficient (Wildman–Crippen LogP) is 3.21. The number of hydrogen-bond acceptors (Lipinski definition) is 5. The van der Waals surface area contributed by atoms with Crippen LogP contribution in [0.5, 0.6) is 0 Å². The molecule has 0 N–H and O–H groups in total. The predicted molar refractivity (Wildman–Crippen MR) is 110 cm³/mol. The smallest absolute Gasteiger partial charge is 0.331 e. The third-order valence-corrected chi connectivity index (χ3v) is 4.89. The van der Waals surface area contributed by atoms with E-state index in [4.69, 9.17) is 21.6 Å². The molecule has 0 radical (unpaired) electrons. The SMILES string of the molecule is Cc1nn(Cc2ccccc2)c(Cl)c1/C=C/C(=O)OCC(=O)N(C)C(C)(C)C#N. The summed E-state index contributed by atoms with van der Waals surface area (Å²) in [5, 5.41) is 13.9. The van der Waals surface area contributed by atoms with Gasteiger partial charge >= 0.3 is 5.97 Å². The first-order chi connectivity index (χ1) is 13.7. The fourth-order valence-corrected chi connectivity index (χ4v) is 2.73. The zero-order valence-corrected chi connectivity index (χ0v) is 17.6. The van der Waals surface area contributed by atoms with Gasteiger partial charge in [-0.2, -0.15) is 10.4 Å². The lowest BCUT2D eigenvalue weighted by molar-refractivity contribution is -0.149. The number of benzene rings is 1. The van der Waals surface area contributed by atoms with E-state index in [1.165, 1.54) is 24.1 Å². The first-order valence-corrected chi connectivity index (χ1v) is 9.33. The molecular weight excluding hydrogens is 392 g/mol. The topological polar surface area (TPSA) is 88.2 Å². The van der Waals surface area contributed by atoms with Crippen molar-refractivity contribution in [2.45, 2.75) is 32.9 Å². The van der Waals surface area contributed by atoms with Crippen LogP contribution in [0.15, 0.2) is 36.4 Å². The van der Waals surface area contributed by atoms with Crippen molar-refractivity contribution in [2.75, 3.05) is 13.7 Å². The molecule has 1 aromatic carbocycles. The van der Waals surface area contributed by atoms with E-state index in [1.54, 1.807) is 25.5 Å². The quantitative estimate of drug-likeness (QED) is 0.512. The number of hydrogen-bond donors (Lipinski definition) is 0. The molecule has 0 saturated heterocycles. The van der Waals surface area contributed by atoms with Gasteiger partial charge in [-0.3, -0.25) is 4.79 Å². The molecule has 0 fully saturated rings. The summed E-state index contributed by atoms with van der Waals surface area (Å²) in [6, 6.07) is 11.8. The van der Waals surface area contributed by atoms with Crippen LogP contribution in [0.1, 0.15) is 30.7 Å². The van der Waals surface area contributed by atoms with Crippen LogP contribution in [0.3, 0.4) is 0 Å². The van der Waals surface area contributed by atoms with Crippen molar-refractivity contribution in [1.29, 1.82) is 5.26 Å². The Bertz CT molecular complexity index is 958. The molecule has 0 bridgehead atoms. The number of ether oxygens (including phenoxy) is 1. The van der Waals surface area contributed by atoms with Crippen LogP contribution in [-0.2, 0) is 20.9 Å². The van der Waals surface area contributed by atoms with E-state index >= 15 is 0 Å². The maximum absolute atomic E-state index is 12.1. The van der Waals surface area contributed by atoms with E-state index in [1.807, 2.05) is 36.4 Å². The van der Waals surface area contributed by atoms with Crippen molar-refractivity contribution < 1.29 is 14.3 Å². The highest BCUT2D eigenvalue weighted by molar-refractivity contribution is 6.31. The first kappa shape index (κ1) is 22.2. The van der Waals surface area contributed by atoms with Crippen LogP contribution in [0, 0.1) is 18.3 Å². The number of nitrogens with zero attached hydrogens (tertiary/aromatic N) is 4. The molecule has 152 valence electrons. The molecule has 29 heavy (non-hydrogen) atoms. The molecule has 0 aliphatic carbocycles. The van der Waals surface area contributed by atoms with Gasteiger partial charge in [0.15, 0.2) is 6.61 Å². The van der Waals surface area contributed by atoms with Crippen molar-refractivity contribution in [2.24, 2.45) is 0 Å². The third-order valence-electron chi connectivity index (χ3n) is 4.49. The van der Waals surface area contributed by atoms with E-state index < -0.39 is 24.0 Å². The summed E-state index contributed by atoms with van der Waals surface area (Å²) in [7, 11) is 1.49. The minimum Gasteiger partial charge on any atom is -0.452 e. The molecule has 1 amide bonds. The van der Waals surface area contributed by atoms with Crippen LogP contribution in [-0.4, -0.2) is 45.8 Å². The number of aryl methyl sites for hydroxylation is 1. The Morgan fingerprint density at radius 2 is 2.00 bits per heavy atom. The second kappa shape index (κ2) is 9.39. The summed E-state index contributed by atoms with van der Waals surface area (Å²) in [5.74, 6) is -1.16. The van der Waals surface area contributed by atoms with Crippen LogP contribution >= 0.6 is 11.6 Å². The Hall–Kier alpha value is -3.11. The lowest BCUT2D eigenvalue weighted by Crippen LogP contribution is -2.45. The van der Waals surface area contributed by atoms with Crippen molar-refractivity contribution >= 4 is 29.6 Å². The second-order valence-corrected chi connectivity index (χ2v) is 7.36. The van der Waals surface area contributed by atoms with Crippen molar-refractivity contribution in [1.82, 2.24) is 14.7 Å². The highest BCUT2D eigenvalue weighted by Crippen LogP contribution is 2.22. The van der Waals surface area contributed by atoms with Gasteiger partial charge in [0.25, 0.3) is 5.91 Å². The third kappa shape index (κ3) is 5.69. The molecule has 0 saturated carbocycles. The number of likely N-dealkylation sites (N-methyl/N-ethyl adjacent to an activating group) is 1. The molecular formula is C21H23ClN4O3. The Kier molecular flexibility index (Phi) is 7.18. The van der Waals surface area contributed by atoms with Gasteiger partial charge in [-0.1, -0.05) is 41.9 Å². The number of rotatable bonds is 7. The molecule has 0 unspecified atom stereocenters. The van der Waals surface area contributed by atoms with Crippen LogP contribution < -0.4 is 0 Å². The highest BCUT2D eigenvalue weighted by atomic mass is 35.5. The monoisotopic (exact) mass is 414 g/mol. The standard InChI is InChI=1S/C21H23ClN4O3/c1-15-17(20(22)26(24-15)12-16-8-6-5-7-9-16)10-11-19(28)29-13-18(27)25(4)21(2,3)14-23/h5-11H,12-13H2,1-4H3/b11-10+. The summed E-state index contributed by atoms with van der Waals surface area (Å²) in [5.41, 5.74) is 1.34. The number of nitriles is 1. The summed E-state index contributed by atoms with van der Waals surface area (Å²) in [6.07, 6.45) is 2.72. The van der Waals surface area contributed by atoms with Crippen LogP contribution in [0.4, 0.5) is 0 Å².